The molecule has 0 aliphatic rings. The number of nitriles is 1. The van der Waals surface area contributed by atoms with E-state index in [4.69, 9.17) is 11.0 Å². The van der Waals surface area contributed by atoms with E-state index in [1.165, 1.54) is 6.07 Å². The molecule has 17 heavy (non-hydrogen) atoms. The molecule has 0 unspecified atom stereocenters. The fourth-order valence-corrected chi connectivity index (χ4v) is 1.52. The second-order valence-corrected chi connectivity index (χ2v) is 3.98. The van der Waals surface area contributed by atoms with Crippen LogP contribution in [0, 0.1) is 18.3 Å². The number of carbonyl (C=O) groups is 1. The van der Waals surface area contributed by atoms with E-state index in [9.17, 15) is 4.79 Å². The molecule has 0 fully saturated rings. The second kappa shape index (κ2) is 5.90. The maximum Gasteiger partial charge on any atom is 0.253 e. The van der Waals surface area contributed by atoms with Gasteiger partial charge in [0.1, 0.15) is 0 Å². The third-order valence-electron chi connectivity index (χ3n) is 2.58. The fraction of sp³-hybridized carbons (Fsp3) is 0.385. The zero-order valence-electron chi connectivity index (χ0n) is 10.2. The van der Waals surface area contributed by atoms with Crippen LogP contribution in [-0.4, -0.2) is 12.5 Å². The van der Waals surface area contributed by atoms with Gasteiger partial charge in [0.25, 0.3) is 5.91 Å². The Morgan fingerprint density at radius 1 is 1.53 bits per heavy atom. The minimum Gasteiger partial charge on any atom is -0.398 e. The molecule has 4 nitrogen and oxygen atoms in total. The fourth-order valence-electron chi connectivity index (χ4n) is 1.52. The summed E-state index contributed by atoms with van der Waals surface area (Å²) in [6.07, 6.45) is 1.95. The first kappa shape index (κ1) is 13.0. The summed E-state index contributed by atoms with van der Waals surface area (Å²) in [7, 11) is 0. The topological polar surface area (TPSA) is 78.9 Å². The number of hydrogen-bond acceptors (Lipinski definition) is 3. The minimum absolute atomic E-state index is 0.212. The third-order valence-corrected chi connectivity index (χ3v) is 2.58. The Kier molecular flexibility index (Phi) is 4.53. The van der Waals surface area contributed by atoms with Crippen molar-refractivity contribution in [2.75, 3.05) is 12.3 Å². The van der Waals surface area contributed by atoms with E-state index < -0.39 is 0 Å². The highest BCUT2D eigenvalue weighted by Crippen LogP contribution is 2.19. The van der Waals surface area contributed by atoms with E-state index in [-0.39, 0.29) is 5.91 Å². The van der Waals surface area contributed by atoms with Crippen LogP contribution in [0.25, 0.3) is 0 Å². The molecule has 0 bridgehead atoms. The van der Waals surface area contributed by atoms with E-state index in [1.807, 2.05) is 6.07 Å². The predicted octanol–water partition coefficient (Wildman–Crippen LogP) is 1.98. The van der Waals surface area contributed by atoms with Crippen LogP contribution in [-0.2, 0) is 0 Å². The number of unbranched alkanes of at least 4 members (excludes halogenated alkanes) is 1. The highest BCUT2D eigenvalue weighted by molar-refractivity contribution is 6.00. The van der Waals surface area contributed by atoms with Crippen molar-refractivity contribution < 1.29 is 4.79 Å². The van der Waals surface area contributed by atoms with Gasteiger partial charge in [-0.25, -0.2) is 0 Å². The van der Waals surface area contributed by atoms with Gasteiger partial charge < -0.3 is 11.1 Å². The van der Waals surface area contributed by atoms with Gasteiger partial charge in [-0.1, -0.05) is 13.3 Å². The van der Waals surface area contributed by atoms with Gasteiger partial charge in [0.2, 0.25) is 0 Å². The average Bonchev–Trinajstić information content (AvgIpc) is 2.32. The maximum atomic E-state index is 11.9. The second-order valence-electron chi connectivity index (χ2n) is 3.98. The van der Waals surface area contributed by atoms with E-state index in [1.54, 1.807) is 13.0 Å². The molecule has 4 heteroatoms. The SMILES string of the molecule is CCCCNC(=O)c1cc(C#N)cc(C)c1N. The maximum absolute atomic E-state index is 11.9. The monoisotopic (exact) mass is 231 g/mol. The number of nitrogens with one attached hydrogen (secondary N) is 1. The Morgan fingerprint density at radius 3 is 2.82 bits per heavy atom. The number of benzene rings is 1. The van der Waals surface area contributed by atoms with E-state index in [2.05, 4.69) is 12.2 Å². The van der Waals surface area contributed by atoms with Crippen molar-refractivity contribution in [3.8, 4) is 6.07 Å². The summed E-state index contributed by atoms with van der Waals surface area (Å²) in [6, 6.07) is 5.23. The molecule has 1 aromatic carbocycles. The summed E-state index contributed by atoms with van der Waals surface area (Å²) >= 11 is 0. The first-order chi connectivity index (χ1) is 8.10. The van der Waals surface area contributed by atoms with Crippen LogP contribution >= 0.6 is 0 Å². The third kappa shape index (κ3) is 3.22. The number of anilines is 1. The molecular weight excluding hydrogens is 214 g/mol. The smallest absolute Gasteiger partial charge is 0.253 e. The van der Waals surface area contributed by atoms with Crippen molar-refractivity contribution in [1.29, 1.82) is 5.26 Å². The van der Waals surface area contributed by atoms with Gasteiger partial charge in [-0.05, 0) is 31.0 Å². The van der Waals surface area contributed by atoms with Crippen LogP contribution in [0.4, 0.5) is 5.69 Å². The molecule has 0 radical (unpaired) electrons. The average molecular weight is 231 g/mol. The molecule has 0 atom stereocenters. The van der Waals surface area contributed by atoms with Crippen molar-refractivity contribution in [2.45, 2.75) is 26.7 Å². The quantitative estimate of drug-likeness (QED) is 0.614. The van der Waals surface area contributed by atoms with Gasteiger partial charge in [0, 0.05) is 12.2 Å². The zero-order chi connectivity index (χ0) is 12.8. The summed E-state index contributed by atoms with van der Waals surface area (Å²) in [5.74, 6) is -0.212. The van der Waals surface area contributed by atoms with E-state index in [0.29, 0.717) is 23.4 Å². The molecule has 1 rings (SSSR count). The summed E-state index contributed by atoms with van der Waals surface area (Å²) in [6.45, 7) is 4.48. The Bertz CT molecular complexity index is 460. The molecule has 1 aromatic rings. The Balaban J connectivity index is 2.93. The minimum atomic E-state index is -0.212. The number of nitrogens with two attached hydrogens (primary N) is 1. The van der Waals surface area contributed by atoms with Gasteiger partial charge in [-0.3, -0.25) is 4.79 Å². The molecule has 0 aliphatic carbocycles. The molecule has 0 saturated heterocycles. The van der Waals surface area contributed by atoms with Gasteiger partial charge in [0.15, 0.2) is 0 Å². The number of amides is 1. The van der Waals surface area contributed by atoms with Crippen molar-refractivity contribution in [1.82, 2.24) is 5.32 Å². The standard InChI is InChI=1S/C13H17N3O/c1-3-4-5-16-13(17)11-7-10(8-14)6-9(2)12(11)15/h6-7H,3-5,15H2,1-2H3,(H,16,17). The highest BCUT2D eigenvalue weighted by Gasteiger charge is 2.12. The van der Waals surface area contributed by atoms with Crippen LogP contribution in [0.2, 0.25) is 0 Å². The van der Waals surface area contributed by atoms with E-state index >= 15 is 0 Å². The Hall–Kier alpha value is -2.02. The molecule has 0 heterocycles. The van der Waals surface area contributed by atoms with Crippen molar-refractivity contribution in [3.63, 3.8) is 0 Å². The Morgan fingerprint density at radius 2 is 2.24 bits per heavy atom. The number of aryl methyl sites for hydroxylation is 1. The number of carbonyl (C=O) groups excluding carboxylic acids is 1. The molecular formula is C13H17N3O. The lowest BCUT2D eigenvalue weighted by atomic mass is 10.0. The van der Waals surface area contributed by atoms with Crippen LogP contribution in [0.3, 0.4) is 0 Å². The van der Waals surface area contributed by atoms with Gasteiger partial charge in [-0.15, -0.1) is 0 Å². The molecule has 90 valence electrons. The number of nitrogen functional groups attached to an aromatic ring is 1. The first-order valence-corrected chi connectivity index (χ1v) is 5.68. The molecule has 0 spiro atoms. The predicted molar refractivity (Wildman–Crippen MR) is 67.5 cm³/mol. The number of rotatable bonds is 4. The largest absolute Gasteiger partial charge is 0.398 e. The summed E-state index contributed by atoms with van der Waals surface area (Å²) < 4.78 is 0. The zero-order valence-corrected chi connectivity index (χ0v) is 10.2. The molecule has 1 amide bonds. The number of hydrogen-bond donors (Lipinski definition) is 2. The summed E-state index contributed by atoms with van der Waals surface area (Å²) in [5, 5.41) is 11.6. The lowest BCUT2D eigenvalue weighted by Crippen LogP contribution is -2.25. The van der Waals surface area contributed by atoms with Gasteiger partial charge in [-0.2, -0.15) is 5.26 Å². The van der Waals surface area contributed by atoms with Gasteiger partial charge >= 0.3 is 0 Å². The lowest BCUT2D eigenvalue weighted by molar-refractivity contribution is 0.0954. The molecule has 3 N–H and O–H groups in total. The molecule has 0 saturated carbocycles. The van der Waals surface area contributed by atoms with Crippen molar-refractivity contribution in [3.05, 3.63) is 28.8 Å². The number of nitrogens with zero attached hydrogens (tertiary/aromatic N) is 1. The highest BCUT2D eigenvalue weighted by atomic mass is 16.1. The van der Waals surface area contributed by atoms with Crippen LogP contribution < -0.4 is 11.1 Å². The Labute approximate surface area is 101 Å². The summed E-state index contributed by atoms with van der Waals surface area (Å²) in [5.41, 5.74) is 7.88. The van der Waals surface area contributed by atoms with Crippen molar-refractivity contribution >= 4 is 11.6 Å². The van der Waals surface area contributed by atoms with Crippen molar-refractivity contribution in [2.24, 2.45) is 0 Å². The molecule has 0 aliphatic heterocycles. The van der Waals surface area contributed by atoms with Gasteiger partial charge in [0.05, 0.1) is 17.2 Å². The van der Waals surface area contributed by atoms with Crippen LogP contribution in [0.1, 0.15) is 41.3 Å². The first-order valence-electron chi connectivity index (χ1n) is 5.68. The normalized spacial score (nSPS) is 9.71. The van der Waals surface area contributed by atoms with Crippen LogP contribution in [0.15, 0.2) is 12.1 Å². The van der Waals surface area contributed by atoms with E-state index in [0.717, 1.165) is 18.4 Å². The lowest BCUT2D eigenvalue weighted by Gasteiger charge is -2.09. The summed E-state index contributed by atoms with van der Waals surface area (Å²) in [4.78, 5) is 11.9. The van der Waals surface area contributed by atoms with Crippen LogP contribution in [0.5, 0.6) is 0 Å². The molecule has 0 aromatic heterocycles.